The molecule has 1 aromatic rings. The molecule has 24 heavy (non-hydrogen) atoms. The van der Waals surface area contributed by atoms with Crippen molar-refractivity contribution >= 4 is 29.9 Å². The molecule has 0 radical (unpaired) electrons. The molecule has 2 fully saturated rings. The number of carbonyl (C=O) groups excluding carboxylic acids is 2. The lowest BCUT2D eigenvalue weighted by atomic mass is 10.1. The monoisotopic (exact) mass is 351 g/mol. The van der Waals surface area contributed by atoms with E-state index in [1.54, 1.807) is 4.90 Å². The summed E-state index contributed by atoms with van der Waals surface area (Å²) < 4.78 is 0. The van der Waals surface area contributed by atoms with E-state index in [0.717, 1.165) is 31.7 Å². The summed E-state index contributed by atoms with van der Waals surface area (Å²) in [5.74, 6) is -0.0335. The van der Waals surface area contributed by atoms with E-state index in [2.05, 4.69) is 31.3 Å². The van der Waals surface area contributed by atoms with E-state index in [4.69, 9.17) is 0 Å². The van der Waals surface area contributed by atoms with Crippen LogP contribution in [0.2, 0.25) is 0 Å². The summed E-state index contributed by atoms with van der Waals surface area (Å²) in [5.41, 5.74) is 2.15. The number of rotatable bonds is 3. The maximum absolute atomic E-state index is 12.7. The van der Waals surface area contributed by atoms with Crippen molar-refractivity contribution in [2.45, 2.75) is 32.7 Å². The van der Waals surface area contributed by atoms with Crippen molar-refractivity contribution in [2.75, 3.05) is 31.1 Å². The van der Waals surface area contributed by atoms with Gasteiger partial charge in [0.25, 0.3) is 0 Å². The number of nitrogens with zero attached hydrogens (tertiary/aromatic N) is 2. The minimum Gasteiger partial charge on any atom is -0.340 e. The first-order valence-electron chi connectivity index (χ1n) is 8.50. The molecular formula is C18H26ClN3O2. The maximum Gasteiger partial charge on any atom is 0.228 e. The smallest absolute Gasteiger partial charge is 0.228 e. The molecule has 2 saturated heterocycles. The second kappa shape index (κ2) is 7.99. The normalized spacial score (nSPS) is 24.0. The number of amides is 2. The first kappa shape index (κ1) is 18.7. The molecule has 0 aromatic heterocycles. The fourth-order valence-corrected chi connectivity index (χ4v) is 3.42. The predicted octanol–water partition coefficient (Wildman–Crippen LogP) is 1.84. The van der Waals surface area contributed by atoms with Crippen LogP contribution < -0.4 is 10.2 Å². The Morgan fingerprint density at radius 1 is 1.25 bits per heavy atom. The van der Waals surface area contributed by atoms with E-state index >= 15 is 0 Å². The Balaban J connectivity index is 0.00000208. The van der Waals surface area contributed by atoms with Crippen LogP contribution in [0.25, 0.3) is 0 Å². The molecule has 3 rings (SSSR count). The highest BCUT2D eigenvalue weighted by Gasteiger charge is 2.37. The molecule has 0 aliphatic carbocycles. The number of hydrogen-bond donors (Lipinski definition) is 1. The number of benzene rings is 1. The molecule has 132 valence electrons. The summed E-state index contributed by atoms with van der Waals surface area (Å²) >= 11 is 0. The van der Waals surface area contributed by atoms with Gasteiger partial charge in [0, 0.05) is 44.3 Å². The molecule has 0 spiro atoms. The average molecular weight is 352 g/mol. The standard InChI is InChI=1S/C18H25N3O2.ClH/c1-3-14-4-6-16(7-5-14)21-12-15(10-17(21)22)18(23)20-9-8-19-13(2)11-20;/h4-7,13,15,19H,3,8-12H2,1-2H3;1H. The van der Waals surface area contributed by atoms with Gasteiger partial charge in [0.15, 0.2) is 0 Å². The number of nitrogens with one attached hydrogen (secondary N) is 1. The van der Waals surface area contributed by atoms with Gasteiger partial charge in [-0.3, -0.25) is 9.59 Å². The zero-order chi connectivity index (χ0) is 16.4. The average Bonchev–Trinajstić information content (AvgIpc) is 2.96. The van der Waals surface area contributed by atoms with Crippen molar-refractivity contribution in [3.05, 3.63) is 29.8 Å². The van der Waals surface area contributed by atoms with Crippen LogP contribution in [0.1, 0.15) is 25.8 Å². The molecule has 2 amide bonds. The second-order valence-corrected chi connectivity index (χ2v) is 6.56. The molecule has 0 bridgehead atoms. The lowest BCUT2D eigenvalue weighted by Gasteiger charge is -2.33. The molecule has 2 atom stereocenters. The topological polar surface area (TPSA) is 52.7 Å². The summed E-state index contributed by atoms with van der Waals surface area (Å²) in [6.07, 6.45) is 1.31. The lowest BCUT2D eigenvalue weighted by Crippen LogP contribution is -2.53. The summed E-state index contributed by atoms with van der Waals surface area (Å²) in [6, 6.07) is 8.39. The Morgan fingerprint density at radius 2 is 1.96 bits per heavy atom. The van der Waals surface area contributed by atoms with Crippen LogP contribution in [0.4, 0.5) is 5.69 Å². The van der Waals surface area contributed by atoms with Gasteiger partial charge in [-0.2, -0.15) is 0 Å². The van der Waals surface area contributed by atoms with Crippen LogP contribution in [0.3, 0.4) is 0 Å². The van der Waals surface area contributed by atoms with Crippen molar-refractivity contribution in [3.63, 3.8) is 0 Å². The van der Waals surface area contributed by atoms with Crippen LogP contribution in [0.15, 0.2) is 24.3 Å². The minimum atomic E-state index is -0.210. The van der Waals surface area contributed by atoms with Crippen LogP contribution in [-0.2, 0) is 16.0 Å². The van der Waals surface area contributed by atoms with Gasteiger partial charge < -0.3 is 15.1 Å². The minimum absolute atomic E-state index is 0. The van der Waals surface area contributed by atoms with E-state index in [1.807, 2.05) is 17.0 Å². The molecule has 6 heteroatoms. The highest BCUT2D eigenvalue weighted by molar-refractivity contribution is 6.00. The van der Waals surface area contributed by atoms with Gasteiger partial charge >= 0.3 is 0 Å². The molecule has 5 nitrogen and oxygen atoms in total. The van der Waals surface area contributed by atoms with Crippen LogP contribution >= 0.6 is 12.4 Å². The maximum atomic E-state index is 12.7. The third kappa shape index (κ3) is 3.90. The Morgan fingerprint density at radius 3 is 2.58 bits per heavy atom. The molecule has 1 N–H and O–H groups in total. The van der Waals surface area contributed by atoms with Gasteiger partial charge in [0.2, 0.25) is 11.8 Å². The van der Waals surface area contributed by atoms with Crippen LogP contribution in [-0.4, -0.2) is 48.9 Å². The first-order valence-corrected chi connectivity index (χ1v) is 8.50. The Labute approximate surface area is 149 Å². The van der Waals surface area contributed by atoms with Crippen LogP contribution in [0, 0.1) is 5.92 Å². The van der Waals surface area contributed by atoms with E-state index in [9.17, 15) is 9.59 Å². The fraction of sp³-hybridized carbons (Fsp3) is 0.556. The number of hydrogen-bond acceptors (Lipinski definition) is 3. The van der Waals surface area contributed by atoms with Gasteiger partial charge in [0.05, 0.1) is 5.92 Å². The number of anilines is 1. The van der Waals surface area contributed by atoms with Crippen molar-refractivity contribution in [1.29, 1.82) is 0 Å². The van der Waals surface area contributed by atoms with Crippen molar-refractivity contribution in [1.82, 2.24) is 10.2 Å². The summed E-state index contributed by atoms with van der Waals surface area (Å²) in [7, 11) is 0. The Kier molecular flexibility index (Phi) is 6.24. The molecule has 2 aliphatic rings. The number of carbonyl (C=O) groups is 2. The van der Waals surface area contributed by atoms with Crippen molar-refractivity contribution in [2.24, 2.45) is 5.92 Å². The molecule has 0 saturated carbocycles. The highest BCUT2D eigenvalue weighted by Crippen LogP contribution is 2.27. The molecular weight excluding hydrogens is 326 g/mol. The molecule has 2 heterocycles. The summed E-state index contributed by atoms with van der Waals surface area (Å²) in [6.45, 7) is 6.99. The molecule has 2 unspecified atom stereocenters. The highest BCUT2D eigenvalue weighted by atomic mass is 35.5. The van der Waals surface area contributed by atoms with Crippen LogP contribution in [0.5, 0.6) is 0 Å². The van der Waals surface area contributed by atoms with E-state index in [1.165, 1.54) is 5.56 Å². The van der Waals surface area contributed by atoms with E-state index in [0.29, 0.717) is 19.0 Å². The van der Waals surface area contributed by atoms with Gasteiger partial charge in [-0.1, -0.05) is 19.1 Å². The lowest BCUT2D eigenvalue weighted by molar-refractivity contribution is -0.136. The largest absolute Gasteiger partial charge is 0.340 e. The summed E-state index contributed by atoms with van der Waals surface area (Å²) in [4.78, 5) is 28.7. The molecule has 2 aliphatic heterocycles. The predicted molar refractivity (Wildman–Crippen MR) is 97.6 cm³/mol. The fourth-order valence-electron chi connectivity index (χ4n) is 3.42. The van der Waals surface area contributed by atoms with E-state index in [-0.39, 0.29) is 30.1 Å². The Bertz CT molecular complexity index is 590. The third-order valence-corrected chi connectivity index (χ3v) is 4.81. The third-order valence-electron chi connectivity index (χ3n) is 4.81. The zero-order valence-electron chi connectivity index (χ0n) is 14.3. The zero-order valence-corrected chi connectivity index (χ0v) is 15.1. The van der Waals surface area contributed by atoms with E-state index < -0.39 is 0 Å². The number of piperazine rings is 1. The summed E-state index contributed by atoms with van der Waals surface area (Å²) in [5, 5.41) is 3.34. The molecule has 1 aromatic carbocycles. The van der Waals surface area contributed by atoms with Gasteiger partial charge in [-0.25, -0.2) is 0 Å². The second-order valence-electron chi connectivity index (χ2n) is 6.56. The number of aryl methyl sites for hydroxylation is 1. The number of halogens is 1. The van der Waals surface area contributed by atoms with Crippen molar-refractivity contribution < 1.29 is 9.59 Å². The van der Waals surface area contributed by atoms with Gasteiger partial charge in [-0.15, -0.1) is 12.4 Å². The Hall–Kier alpha value is -1.59. The van der Waals surface area contributed by atoms with Gasteiger partial charge in [0.1, 0.15) is 0 Å². The SMILES string of the molecule is CCc1ccc(N2CC(C(=O)N3CCNC(C)C3)CC2=O)cc1.Cl. The quantitative estimate of drug-likeness (QED) is 0.904. The first-order chi connectivity index (χ1) is 11.1. The van der Waals surface area contributed by atoms with Crippen molar-refractivity contribution in [3.8, 4) is 0 Å². The van der Waals surface area contributed by atoms with Gasteiger partial charge in [-0.05, 0) is 31.0 Å².